The van der Waals surface area contributed by atoms with Crippen LogP contribution in [0.15, 0.2) is 54.7 Å². The van der Waals surface area contributed by atoms with Gasteiger partial charge < -0.3 is 10.4 Å². The summed E-state index contributed by atoms with van der Waals surface area (Å²) in [6, 6.07) is 16.2. The van der Waals surface area contributed by atoms with Gasteiger partial charge in [0.1, 0.15) is 0 Å². The first-order chi connectivity index (χ1) is 10.2. The van der Waals surface area contributed by atoms with Gasteiger partial charge in [-0.25, -0.2) is 0 Å². The smallest absolute Gasteiger partial charge is 0.0897 e. The first-order valence-corrected chi connectivity index (χ1v) is 7.60. The normalized spacial score (nSPS) is 25.2. The maximum absolute atomic E-state index is 11.0. The molecule has 0 bridgehead atoms. The van der Waals surface area contributed by atoms with Gasteiger partial charge in [0.2, 0.25) is 0 Å². The fourth-order valence-electron chi connectivity index (χ4n) is 3.25. The summed E-state index contributed by atoms with van der Waals surface area (Å²) >= 11 is 0. The maximum atomic E-state index is 11.0. The summed E-state index contributed by atoms with van der Waals surface area (Å²) in [5, 5.41) is 14.5. The molecule has 1 saturated heterocycles. The number of rotatable bonds is 3. The van der Waals surface area contributed by atoms with Gasteiger partial charge in [-0.1, -0.05) is 36.4 Å². The van der Waals surface area contributed by atoms with Crippen LogP contribution in [0.2, 0.25) is 0 Å². The van der Waals surface area contributed by atoms with Crippen molar-refractivity contribution in [2.45, 2.75) is 31.4 Å². The Bertz CT molecular complexity index is 568. The van der Waals surface area contributed by atoms with Crippen LogP contribution >= 0.6 is 0 Å². The average Bonchev–Trinajstić information content (AvgIpc) is 2.57. The minimum absolute atomic E-state index is 0.222. The van der Waals surface area contributed by atoms with E-state index in [2.05, 4.69) is 16.4 Å². The molecule has 2 aromatic rings. The quantitative estimate of drug-likeness (QED) is 0.909. The van der Waals surface area contributed by atoms with Crippen molar-refractivity contribution in [2.75, 3.05) is 6.54 Å². The summed E-state index contributed by atoms with van der Waals surface area (Å²) in [6.45, 7) is 2.85. The number of nitrogens with one attached hydrogen (secondary N) is 1. The topological polar surface area (TPSA) is 45.1 Å². The lowest BCUT2D eigenvalue weighted by Gasteiger charge is -2.39. The minimum Gasteiger partial charge on any atom is -0.385 e. The van der Waals surface area contributed by atoms with Crippen molar-refractivity contribution >= 4 is 0 Å². The number of hydrogen-bond acceptors (Lipinski definition) is 3. The molecular formula is C18H22N2O. The molecule has 3 rings (SSSR count). The molecule has 0 spiro atoms. The molecule has 1 fully saturated rings. The zero-order valence-corrected chi connectivity index (χ0v) is 12.4. The third-order valence-electron chi connectivity index (χ3n) is 4.60. The lowest BCUT2D eigenvalue weighted by atomic mass is 9.75. The Kier molecular flexibility index (Phi) is 4.04. The SMILES string of the molecule is CC(O)(c1ccccc1)C1CCNC(c2ccccn2)C1. The van der Waals surface area contributed by atoms with Gasteiger partial charge in [0, 0.05) is 12.2 Å². The number of nitrogens with zero attached hydrogens (tertiary/aromatic N) is 1. The number of aromatic nitrogens is 1. The van der Waals surface area contributed by atoms with Crippen molar-refractivity contribution in [3.05, 3.63) is 66.0 Å². The third kappa shape index (κ3) is 2.99. The number of hydrogen-bond donors (Lipinski definition) is 2. The van der Waals surface area contributed by atoms with Gasteiger partial charge in [-0.15, -0.1) is 0 Å². The second-order valence-electron chi connectivity index (χ2n) is 6.00. The highest BCUT2D eigenvalue weighted by Crippen LogP contribution is 2.39. The summed E-state index contributed by atoms with van der Waals surface area (Å²) in [4.78, 5) is 4.45. The Hall–Kier alpha value is -1.71. The molecule has 1 aliphatic rings. The second-order valence-corrected chi connectivity index (χ2v) is 6.00. The Labute approximate surface area is 126 Å². The van der Waals surface area contributed by atoms with E-state index < -0.39 is 5.60 Å². The Morgan fingerprint density at radius 2 is 1.90 bits per heavy atom. The fourth-order valence-corrected chi connectivity index (χ4v) is 3.25. The minimum atomic E-state index is -0.795. The molecule has 0 radical (unpaired) electrons. The lowest BCUT2D eigenvalue weighted by molar-refractivity contribution is -0.0256. The van der Waals surface area contributed by atoms with Gasteiger partial charge in [0.05, 0.1) is 11.3 Å². The largest absolute Gasteiger partial charge is 0.385 e. The highest BCUT2D eigenvalue weighted by molar-refractivity contribution is 5.23. The maximum Gasteiger partial charge on any atom is 0.0897 e. The molecule has 2 heterocycles. The molecule has 3 unspecified atom stereocenters. The Balaban J connectivity index is 1.80. The molecule has 110 valence electrons. The van der Waals surface area contributed by atoms with Crippen LogP contribution in [0.4, 0.5) is 0 Å². The van der Waals surface area contributed by atoms with Gasteiger partial charge in [0.15, 0.2) is 0 Å². The summed E-state index contributed by atoms with van der Waals surface area (Å²) in [7, 11) is 0. The van der Waals surface area contributed by atoms with Crippen molar-refractivity contribution in [3.63, 3.8) is 0 Å². The summed E-state index contributed by atoms with van der Waals surface area (Å²) in [6.07, 6.45) is 3.71. The molecule has 1 aromatic carbocycles. The summed E-state index contributed by atoms with van der Waals surface area (Å²) in [5.41, 5.74) is 1.26. The first-order valence-electron chi connectivity index (χ1n) is 7.60. The van der Waals surface area contributed by atoms with Crippen LogP contribution in [0.3, 0.4) is 0 Å². The van der Waals surface area contributed by atoms with Crippen LogP contribution in [0.25, 0.3) is 0 Å². The number of benzene rings is 1. The van der Waals surface area contributed by atoms with Gasteiger partial charge in [-0.3, -0.25) is 4.98 Å². The molecular weight excluding hydrogens is 260 g/mol. The molecule has 3 heteroatoms. The molecule has 3 nitrogen and oxygen atoms in total. The zero-order valence-electron chi connectivity index (χ0n) is 12.4. The second kappa shape index (κ2) is 5.96. The van der Waals surface area contributed by atoms with Gasteiger partial charge >= 0.3 is 0 Å². The van der Waals surface area contributed by atoms with Crippen molar-refractivity contribution < 1.29 is 5.11 Å². The third-order valence-corrected chi connectivity index (χ3v) is 4.60. The van der Waals surface area contributed by atoms with Gasteiger partial charge in [-0.05, 0) is 49.9 Å². The van der Waals surface area contributed by atoms with Gasteiger partial charge in [0.25, 0.3) is 0 Å². The molecule has 21 heavy (non-hydrogen) atoms. The van der Waals surface area contributed by atoms with E-state index in [1.54, 1.807) is 0 Å². The van der Waals surface area contributed by atoms with Crippen LogP contribution in [0.5, 0.6) is 0 Å². The van der Waals surface area contributed by atoms with Crippen LogP contribution in [0.1, 0.15) is 37.1 Å². The standard InChI is InChI=1S/C18H22N2O/c1-18(21,14-7-3-2-4-8-14)15-10-12-20-17(13-15)16-9-5-6-11-19-16/h2-9,11,15,17,20-21H,10,12-13H2,1H3. The number of pyridine rings is 1. The number of aliphatic hydroxyl groups is 1. The summed E-state index contributed by atoms with van der Waals surface area (Å²) < 4.78 is 0. The van der Waals surface area contributed by atoms with Crippen LogP contribution in [-0.2, 0) is 5.60 Å². The van der Waals surface area contributed by atoms with E-state index in [0.29, 0.717) is 0 Å². The highest BCUT2D eigenvalue weighted by Gasteiger charge is 2.37. The predicted octanol–water partition coefficient (Wildman–Crippen LogP) is 3.03. The molecule has 2 N–H and O–H groups in total. The highest BCUT2D eigenvalue weighted by atomic mass is 16.3. The van der Waals surface area contributed by atoms with E-state index in [1.165, 1.54) is 0 Å². The molecule has 1 aliphatic heterocycles. The van der Waals surface area contributed by atoms with E-state index in [4.69, 9.17) is 0 Å². The van der Waals surface area contributed by atoms with Crippen molar-refractivity contribution in [3.8, 4) is 0 Å². The van der Waals surface area contributed by atoms with E-state index in [1.807, 2.05) is 55.6 Å². The molecule has 1 aromatic heterocycles. The van der Waals surface area contributed by atoms with Crippen molar-refractivity contribution in [1.82, 2.24) is 10.3 Å². The van der Waals surface area contributed by atoms with Crippen molar-refractivity contribution in [1.29, 1.82) is 0 Å². The molecule has 0 amide bonds. The van der Waals surface area contributed by atoms with Crippen LogP contribution < -0.4 is 5.32 Å². The Morgan fingerprint density at radius 3 is 2.62 bits per heavy atom. The average molecular weight is 282 g/mol. The number of piperidine rings is 1. The van der Waals surface area contributed by atoms with E-state index in [-0.39, 0.29) is 12.0 Å². The Morgan fingerprint density at radius 1 is 1.14 bits per heavy atom. The van der Waals surface area contributed by atoms with Crippen molar-refractivity contribution in [2.24, 2.45) is 5.92 Å². The predicted molar refractivity (Wildman–Crippen MR) is 83.7 cm³/mol. The monoisotopic (exact) mass is 282 g/mol. The lowest BCUT2D eigenvalue weighted by Crippen LogP contribution is -2.41. The molecule has 0 aliphatic carbocycles. The molecule has 0 saturated carbocycles. The fraction of sp³-hybridized carbons (Fsp3) is 0.389. The van der Waals surface area contributed by atoms with E-state index >= 15 is 0 Å². The van der Waals surface area contributed by atoms with E-state index in [9.17, 15) is 5.11 Å². The van der Waals surface area contributed by atoms with E-state index in [0.717, 1.165) is 30.6 Å². The summed E-state index contributed by atoms with van der Waals surface area (Å²) in [5.74, 6) is 0.230. The first kappa shape index (κ1) is 14.2. The molecule has 3 atom stereocenters. The van der Waals surface area contributed by atoms with Crippen LogP contribution in [0, 0.1) is 5.92 Å². The zero-order chi connectivity index (χ0) is 14.7. The van der Waals surface area contributed by atoms with Crippen LogP contribution in [-0.4, -0.2) is 16.6 Å². The van der Waals surface area contributed by atoms with Gasteiger partial charge in [-0.2, -0.15) is 0 Å².